The Hall–Kier alpha value is -3.06. The number of nitrogens with one attached hydrogen (secondary N) is 2. The number of aryl methyl sites for hydroxylation is 3. The summed E-state index contributed by atoms with van der Waals surface area (Å²) in [6.07, 6.45) is 2.29. The lowest BCUT2D eigenvalue weighted by molar-refractivity contribution is -0.141. The van der Waals surface area contributed by atoms with Crippen molar-refractivity contribution in [2.45, 2.75) is 106 Å². The smallest absolute Gasteiger partial charge is 0.408 e. The van der Waals surface area contributed by atoms with Gasteiger partial charge in [-0.3, -0.25) is 9.59 Å². The number of carbonyl (C=O) groups is 3. The molecular weight excluding hydrogens is 538 g/mol. The van der Waals surface area contributed by atoms with Gasteiger partial charge in [-0.15, -0.1) is 0 Å². The van der Waals surface area contributed by atoms with Gasteiger partial charge in [-0.2, -0.15) is 0 Å². The van der Waals surface area contributed by atoms with Crippen molar-refractivity contribution in [2.24, 2.45) is 5.92 Å². The SMILES string of the molecule is CCCCCN(C(=O)C(CC(C)C)NC(=O)OC(C)(C)C)C(C(=O)Nc1c(C)cccc1Cl)c1ccc(C)c(C)c1. The van der Waals surface area contributed by atoms with Crippen LogP contribution in [0.25, 0.3) is 0 Å². The quantitative estimate of drug-likeness (QED) is 0.248. The predicted molar refractivity (Wildman–Crippen MR) is 167 cm³/mol. The normalized spacial score (nSPS) is 13.0. The van der Waals surface area contributed by atoms with Crippen LogP contribution in [0.5, 0.6) is 0 Å². The summed E-state index contributed by atoms with van der Waals surface area (Å²) in [6.45, 7) is 17.6. The molecule has 0 aromatic heterocycles. The lowest BCUT2D eigenvalue weighted by Crippen LogP contribution is -2.53. The molecule has 2 rings (SSSR count). The van der Waals surface area contributed by atoms with E-state index in [0.717, 1.165) is 29.5 Å². The minimum atomic E-state index is -0.940. The number of hydrogen-bond donors (Lipinski definition) is 2. The lowest BCUT2D eigenvalue weighted by atomic mass is 9.96. The number of rotatable bonds is 12. The summed E-state index contributed by atoms with van der Waals surface area (Å²) in [4.78, 5) is 43.0. The molecule has 0 aliphatic rings. The monoisotopic (exact) mass is 585 g/mol. The summed E-state index contributed by atoms with van der Waals surface area (Å²) >= 11 is 6.48. The molecule has 0 heterocycles. The summed E-state index contributed by atoms with van der Waals surface area (Å²) < 4.78 is 5.49. The summed E-state index contributed by atoms with van der Waals surface area (Å²) in [5, 5.41) is 6.24. The molecule has 2 unspecified atom stereocenters. The number of para-hydroxylation sites is 1. The van der Waals surface area contributed by atoms with Gasteiger partial charge in [0.1, 0.15) is 17.7 Å². The summed E-state index contributed by atoms with van der Waals surface area (Å²) in [5.74, 6) is -0.583. The van der Waals surface area contributed by atoms with E-state index in [1.807, 2.05) is 65.0 Å². The molecule has 2 atom stereocenters. The third-order valence-electron chi connectivity index (χ3n) is 6.86. The standard InChI is InChI=1S/C33H48ClN3O4/c1-10-11-12-18-37(31(39)27(19-21(2)3)35-32(40)41-33(7,8)9)29(25-17-16-22(4)24(6)20-25)30(38)36-28-23(5)14-13-15-26(28)34/h13-17,20-21,27,29H,10-12,18-19H2,1-9H3,(H,35,40)(H,36,38). The van der Waals surface area contributed by atoms with Crippen molar-refractivity contribution in [3.8, 4) is 0 Å². The van der Waals surface area contributed by atoms with Crippen LogP contribution in [0.15, 0.2) is 36.4 Å². The summed E-state index contributed by atoms with van der Waals surface area (Å²) in [7, 11) is 0. The average molecular weight is 586 g/mol. The summed E-state index contributed by atoms with van der Waals surface area (Å²) in [6, 6.07) is 9.43. The number of halogens is 1. The molecule has 7 nitrogen and oxygen atoms in total. The number of unbranched alkanes of at least 4 members (excludes halogenated alkanes) is 2. The molecule has 0 spiro atoms. The molecule has 2 aromatic carbocycles. The van der Waals surface area contributed by atoms with Gasteiger partial charge in [0.15, 0.2) is 0 Å². The minimum absolute atomic E-state index is 0.107. The van der Waals surface area contributed by atoms with Gasteiger partial charge in [0.25, 0.3) is 5.91 Å². The molecule has 0 aliphatic heterocycles. The Labute approximate surface area is 251 Å². The Bertz CT molecular complexity index is 1190. The molecule has 3 amide bonds. The Morgan fingerprint density at radius 1 is 0.976 bits per heavy atom. The molecule has 0 radical (unpaired) electrons. The highest BCUT2D eigenvalue weighted by Crippen LogP contribution is 2.31. The van der Waals surface area contributed by atoms with Gasteiger partial charge in [0.2, 0.25) is 5.91 Å². The Kier molecular flexibility index (Phi) is 12.7. The fourth-order valence-corrected chi connectivity index (χ4v) is 4.90. The topological polar surface area (TPSA) is 87.7 Å². The van der Waals surface area contributed by atoms with Crippen LogP contribution < -0.4 is 10.6 Å². The fraction of sp³-hybridized carbons (Fsp3) is 0.545. The Balaban J connectivity index is 2.62. The molecule has 0 aliphatic carbocycles. The van der Waals surface area contributed by atoms with Gasteiger partial charge in [-0.05, 0) is 88.6 Å². The Morgan fingerprint density at radius 2 is 1.66 bits per heavy atom. The number of nitrogens with zero attached hydrogens (tertiary/aromatic N) is 1. The van der Waals surface area contributed by atoms with Crippen molar-refractivity contribution in [3.63, 3.8) is 0 Å². The van der Waals surface area contributed by atoms with E-state index in [9.17, 15) is 14.4 Å². The van der Waals surface area contributed by atoms with E-state index in [1.165, 1.54) is 0 Å². The van der Waals surface area contributed by atoms with Crippen molar-refractivity contribution in [3.05, 3.63) is 63.7 Å². The van der Waals surface area contributed by atoms with Gasteiger partial charge >= 0.3 is 6.09 Å². The van der Waals surface area contributed by atoms with Crippen LogP contribution in [0.1, 0.15) is 95.5 Å². The molecule has 8 heteroatoms. The van der Waals surface area contributed by atoms with Crippen molar-refractivity contribution in [1.82, 2.24) is 10.2 Å². The Morgan fingerprint density at radius 3 is 2.22 bits per heavy atom. The molecule has 0 fully saturated rings. The van der Waals surface area contributed by atoms with Crippen LogP contribution in [-0.2, 0) is 14.3 Å². The maximum absolute atomic E-state index is 14.4. The number of ether oxygens (including phenoxy) is 1. The van der Waals surface area contributed by atoms with E-state index in [0.29, 0.717) is 35.7 Å². The minimum Gasteiger partial charge on any atom is -0.444 e. The largest absolute Gasteiger partial charge is 0.444 e. The van der Waals surface area contributed by atoms with Gasteiger partial charge in [-0.25, -0.2) is 4.79 Å². The molecule has 226 valence electrons. The van der Waals surface area contributed by atoms with Crippen LogP contribution in [-0.4, -0.2) is 41.0 Å². The second-order valence-corrected chi connectivity index (χ2v) is 12.6. The first-order valence-electron chi connectivity index (χ1n) is 14.6. The number of benzene rings is 2. The number of carbonyl (C=O) groups excluding carboxylic acids is 3. The first-order valence-corrected chi connectivity index (χ1v) is 15.0. The zero-order valence-electron chi connectivity index (χ0n) is 26.2. The molecule has 0 saturated heterocycles. The maximum atomic E-state index is 14.4. The number of anilines is 1. The zero-order chi connectivity index (χ0) is 30.9. The fourth-order valence-electron chi connectivity index (χ4n) is 4.63. The zero-order valence-corrected chi connectivity index (χ0v) is 26.9. The number of hydrogen-bond acceptors (Lipinski definition) is 4. The van der Waals surface area contributed by atoms with Crippen LogP contribution in [0, 0.1) is 26.7 Å². The van der Waals surface area contributed by atoms with E-state index in [1.54, 1.807) is 31.7 Å². The third-order valence-corrected chi connectivity index (χ3v) is 7.17. The molecular formula is C33H48ClN3O4. The summed E-state index contributed by atoms with van der Waals surface area (Å²) in [5.41, 5.74) is 3.41. The molecule has 0 bridgehead atoms. The second-order valence-electron chi connectivity index (χ2n) is 12.2. The van der Waals surface area contributed by atoms with Crippen molar-refractivity contribution < 1.29 is 19.1 Å². The van der Waals surface area contributed by atoms with E-state index in [4.69, 9.17) is 16.3 Å². The third kappa shape index (κ3) is 10.4. The first kappa shape index (κ1) is 34.1. The van der Waals surface area contributed by atoms with Crippen LogP contribution >= 0.6 is 11.6 Å². The first-order chi connectivity index (χ1) is 19.1. The highest BCUT2D eigenvalue weighted by Gasteiger charge is 2.37. The number of amides is 3. The van der Waals surface area contributed by atoms with E-state index >= 15 is 0 Å². The van der Waals surface area contributed by atoms with E-state index in [-0.39, 0.29) is 17.7 Å². The van der Waals surface area contributed by atoms with E-state index < -0.39 is 23.8 Å². The lowest BCUT2D eigenvalue weighted by Gasteiger charge is -2.35. The van der Waals surface area contributed by atoms with Gasteiger partial charge in [-0.1, -0.05) is 75.5 Å². The van der Waals surface area contributed by atoms with Gasteiger partial charge in [0.05, 0.1) is 10.7 Å². The molecule has 41 heavy (non-hydrogen) atoms. The van der Waals surface area contributed by atoms with Crippen LogP contribution in [0.3, 0.4) is 0 Å². The molecule has 2 N–H and O–H groups in total. The van der Waals surface area contributed by atoms with Crippen molar-refractivity contribution >= 4 is 35.2 Å². The predicted octanol–water partition coefficient (Wildman–Crippen LogP) is 7.90. The second kappa shape index (κ2) is 15.2. The maximum Gasteiger partial charge on any atom is 0.408 e. The van der Waals surface area contributed by atoms with Crippen LogP contribution in [0.4, 0.5) is 10.5 Å². The molecule has 2 aromatic rings. The van der Waals surface area contributed by atoms with Gasteiger partial charge < -0.3 is 20.3 Å². The van der Waals surface area contributed by atoms with Crippen molar-refractivity contribution in [1.29, 1.82) is 0 Å². The van der Waals surface area contributed by atoms with E-state index in [2.05, 4.69) is 17.6 Å². The highest BCUT2D eigenvalue weighted by molar-refractivity contribution is 6.34. The average Bonchev–Trinajstić information content (AvgIpc) is 2.85. The highest BCUT2D eigenvalue weighted by atomic mass is 35.5. The number of alkyl carbamates (subject to hydrolysis) is 1. The molecule has 0 saturated carbocycles. The van der Waals surface area contributed by atoms with Crippen molar-refractivity contribution in [2.75, 3.05) is 11.9 Å². The van der Waals surface area contributed by atoms with Crippen LogP contribution in [0.2, 0.25) is 5.02 Å². The van der Waals surface area contributed by atoms with Gasteiger partial charge in [0, 0.05) is 6.54 Å².